The number of rotatable bonds is 9. The second kappa shape index (κ2) is 11.5. The van der Waals surface area contributed by atoms with E-state index in [1.165, 1.54) is 12.1 Å². The van der Waals surface area contributed by atoms with Gasteiger partial charge in [-0.05, 0) is 57.0 Å². The molecule has 2 aromatic rings. The van der Waals surface area contributed by atoms with Crippen LogP contribution in [0.5, 0.6) is 0 Å². The molecule has 0 spiro atoms. The number of nitro groups is 1. The molecule has 3 rings (SSSR count). The monoisotopic (exact) mass is 488 g/mol. The zero-order chi connectivity index (χ0) is 24.1. The maximum Gasteiger partial charge on any atom is 0.319 e. The number of nitrogens with one attached hydrogen (secondary N) is 2. The van der Waals surface area contributed by atoms with Gasteiger partial charge in [-0.2, -0.15) is 0 Å². The molecule has 0 saturated carbocycles. The van der Waals surface area contributed by atoms with Gasteiger partial charge in [-0.25, -0.2) is 4.79 Å². The molecule has 10 nitrogen and oxygen atoms in total. The van der Waals surface area contributed by atoms with Gasteiger partial charge in [0.15, 0.2) is 0 Å². The van der Waals surface area contributed by atoms with Crippen molar-refractivity contribution in [3.63, 3.8) is 0 Å². The minimum absolute atomic E-state index is 0. The molecule has 182 valence electrons. The summed E-state index contributed by atoms with van der Waals surface area (Å²) in [7, 11) is 0. The van der Waals surface area contributed by atoms with Crippen molar-refractivity contribution in [2.45, 2.75) is 27.2 Å². The minimum Gasteiger partial charge on any atom is -1.00 e. The number of hydrogen-bond donors (Lipinski definition) is 2. The van der Waals surface area contributed by atoms with Crippen LogP contribution in [0.1, 0.15) is 46.5 Å². The predicted molar refractivity (Wildman–Crippen MR) is 125 cm³/mol. The standard InChI is InChI=1S/C23H27N5O5.ClH/c1-4-26(5-2)16-8-10-20(15(3)13-16)25-23(31)24-11-6-12-27-21(29)18-9-7-17(28(32)33)14-19(18)22(27)30;/h7-10,13-14H,4-6,11-12H2,1-3H3,(H2,24,25,31);1H/p-1. The van der Waals surface area contributed by atoms with E-state index in [9.17, 15) is 24.5 Å². The van der Waals surface area contributed by atoms with Crippen LogP contribution in [0.4, 0.5) is 21.9 Å². The van der Waals surface area contributed by atoms with E-state index in [4.69, 9.17) is 0 Å². The molecule has 0 radical (unpaired) electrons. The molecule has 0 bridgehead atoms. The fourth-order valence-corrected chi connectivity index (χ4v) is 3.77. The van der Waals surface area contributed by atoms with Crippen LogP contribution in [-0.2, 0) is 0 Å². The first-order valence-corrected chi connectivity index (χ1v) is 10.8. The van der Waals surface area contributed by atoms with Crippen LogP contribution in [0.3, 0.4) is 0 Å². The fraction of sp³-hybridized carbons (Fsp3) is 0.348. The highest BCUT2D eigenvalue weighted by atomic mass is 35.5. The van der Waals surface area contributed by atoms with Gasteiger partial charge >= 0.3 is 6.03 Å². The average Bonchev–Trinajstić information content (AvgIpc) is 3.03. The van der Waals surface area contributed by atoms with E-state index in [-0.39, 0.29) is 48.3 Å². The van der Waals surface area contributed by atoms with E-state index < -0.39 is 16.7 Å². The highest BCUT2D eigenvalue weighted by molar-refractivity contribution is 6.21. The Kier molecular flexibility index (Phi) is 8.97. The van der Waals surface area contributed by atoms with Crippen molar-refractivity contribution in [3.8, 4) is 0 Å². The molecule has 4 amide bonds. The van der Waals surface area contributed by atoms with E-state index in [2.05, 4.69) is 29.4 Å². The van der Waals surface area contributed by atoms with Gasteiger partial charge < -0.3 is 27.9 Å². The second-order valence-electron chi connectivity index (χ2n) is 7.65. The zero-order valence-corrected chi connectivity index (χ0v) is 20.0. The third kappa shape index (κ3) is 5.63. The van der Waals surface area contributed by atoms with Gasteiger partial charge in [-0.1, -0.05) is 0 Å². The molecule has 11 heteroatoms. The third-order valence-electron chi connectivity index (χ3n) is 5.60. The summed E-state index contributed by atoms with van der Waals surface area (Å²) >= 11 is 0. The predicted octanol–water partition coefficient (Wildman–Crippen LogP) is 0.561. The first-order chi connectivity index (χ1) is 15.8. The Morgan fingerprint density at radius 3 is 2.35 bits per heavy atom. The zero-order valence-electron chi connectivity index (χ0n) is 19.3. The second-order valence-corrected chi connectivity index (χ2v) is 7.65. The highest BCUT2D eigenvalue weighted by Gasteiger charge is 2.36. The number of fused-ring (bicyclic) bond motifs is 1. The van der Waals surface area contributed by atoms with Crippen molar-refractivity contribution >= 4 is 34.9 Å². The van der Waals surface area contributed by atoms with Crippen LogP contribution in [0, 0.1) is 17.0 Å². The van der Waals surface area contributed by atoms with Gasteiger partial charge in [0, 0.05) is 49.7 Å². The van der Waals surface area contributed by atoms with Crippen molar-refractivity contribution in [1.29, 1.82) is 0 Å². The molecular weight excluding hydrogens is 462 g/mol. The maximum absolute atomic E-state index is 12.5. The van der Waals surface area contributed by atoms with Crippen LogP contribution >= 0.6 is 0 Å². The van der Waals surface area contributed by atoms with Crippen molar-refractivity contribution in [2.24, 2.45) is 0 Å². The lowest BCUT2D eigenvalue weighted by molar-refractivity contribution is -0.384. The lowest BCUT2D eigenvalue weighted by Gasteiger charge is -2.22. The van der Waals surface area contributed by atoms with Crippen LogP contribution < -0.4 is 27.9 Å². The maximum atomic E-state index is 12.5. The number of anilines is 2. The number of benzene rings is 2. The quantitative estimate of drug-likeness (QED) is 0.230. The normalized spacial score (nSPS) is 12.1. The van der Waals surface area contributed by atoms with Gasteiger partial charge in [0.05, 0.1) is 16.1 Å². The van der Waals surface area contributed by atoms with E-state index >= 15 is 0 Å². The third-order valence-corrected chi connectivity index (χ3v) is 5.60. The van der Waals surface area contributed by atoms with Crippen molar-refractivity contribution in [1.82, 2.24) is 10.2 Å². The van der Waals surface area contributed by atoms with Crippen LogP contribution in [0.15, 0.2) is 36.4 Å². The van der Waals surface area contributed by atoms with E-state index in [0.29, 0.717) is 12.1 Å². The molecule has 0 saturated heterocycles. The Morgan fingerprint density at radius 1 is 1.06 bits per heavy atom. The Bertz CT molecular complexity index is 1100. The molecule has 0 unspecified atom stereocenters. The molecule has 0 atom stereocenters. The number of nitrogens with zero attached hydrogens (tertiary/aromatic N) is 3. The summed E-state index contributed by atoms with van der Waals surface area (Å²) in [6, 6.07) is 9.09. The number of non-ortho nitro benzene ring substituents is 1. The molecule has 0 aromatic heterocycles. The summed E-state index contributed by atoms with van der Waals surface area (Å²) in [6.45, 7) is 8.23. The largest absolute Gasteiger partial charge is 1.00 e. The molecule has 2 aromatic carbocycles. The van der Waals surface area contributed by atoms with Gasteiger partial charge in [-0.3, -0.25) is 24.6 Å². The topological polar surface area (TPSA) is 125 Å². The molecule has 0 fully saturated rings. The Labute approximate surface area is 203 Å². The molecule has 2 N–H and O–H groups in total. The lowest BCUT2D eigenvalue weighted by atomic mass is 10.1. The number of halogens is 1. The summed E-state index contributed by atoms with van der Waals surface area (Å²) in [6.07, 6.45) is 0.348. The van der Waals surface area contributed by atoms with Gasteiger partial charge in [0.25, 0.3) is 17.5 Å². The summed E-state index contributed by atoms with van der Waals surface area (Å²) < 4.78 is 0. The van der Waals surface area contributed by atoms with Crippen molar-refractivity contribution in [3.05, 3.63) is 63.2 Å². The van der Waals surface area contributed by atoms with Crippen molar-refractivity contribution < 1.29 is 31.7 Å². The van der Waals surface area contributed by atoms with Gasteiger partial charge in [0.2, 0.25) is 0 Å². The Balaban J connectivity index is 0.00000408. The van der Waals surface area contributed by atoms with E-state index in [1.54, 1.807) is 0 Å². The number of amides is 4. The van der Waals surface area contributed by atoms with Crippen LogP contribution in [-0.4, -0.2) is 53.8 Å². The summed E-state index contributed by atoms with van der Waals surface area (Å²) in [4.78, 5) is 50.8. The van der Waals surface area contributed by atoms with E-state index in [1.807, 2.05) is 25.1 Å². The van der Waals surface area contributed by atoms with Gasteiger partial charge in [0.1, 0.15) is 0 Å². The molecular formula is C23H27ClN5O5-. The first-order valence-electron chi connectivity index (χ1n) is 10.8. The summed E-state index contributed by atoms with van der Waals surface area (Å²) in [5.41, 5.74) is 2.67. The number of aryl methyl sites for hydroxylation is 1. The van der Waals surface area contributed by atoms with E-state index in [0.717, 1.165) is 35.3 Å². The number of carbonyl (C=O) groups excluding carboxylic acids is 3. The number of nitro benzene ring substituents is 1. The molecule has 0 aliphatic carbocycles. The lowest BCUT2D eigenvalue weighted by Crippen LogP contribution is -3.00. The Hall–Kier alpha value is -3.66. The van der Waals surface area contributed by atoms with Crippen molar-refractivity contribution in [2.75, 3.05) is 36.4 Å². The molecule has 1 heterocycles. The Morgan fingerprint density at radius 2 is 1.74 bits per heavy atom. The highest BCUT2D eigenvalue weighted by Crippen LogP contribution is 2.27. The number of carbonyl (C=O) groups is 3. The number of urea groups is 1. The van der Waals surface area contributed by atoms with Gasteiger partial charge in [-0.15, -0.1) is 0 Å². The fourth-order valence-electron chi connectivity index (χ4n) is 3.77. The smallest absolute Gasteiger partial charge is 0.319 e. The molecule has 1 aliphatic rings. The first kappa shape index (κ1) is 26.6. The minimum atomic E-state index is -0.609. The summed E-state index contributed by atoms with van der Waals surface area (Å²) in [5.74, 6) is -1.05. The van der Waals surface area contributed by atoms with Crippen LogP contribution in [0.25, 0.3) is 0 Å². The number of imide groups is 1. The SMILES string of the molecule is CCN(CC)c1ccc(NC(=O)NCCCN2C(=O)c3ccc([N+](=O)[O-])cc3C2=O)c(C)c1.[Cl-]. The number of hydrogen-bond acceptors (Lipinski definition) is 6. The molecule has 1 aliphatic heterocycles. The van der Waals surface area contributed by atoms with Crippen LogP contribution in [0.2, 0.25) is 0 Å². The average molecular weight is 489 g/mol. The molecule has 34 heavy (non-hydrogen) atoms. The summed E-state index contributed by atoms with van der Waals surface area (Å²) in [5, 5.41) is 16.4.